The minimum absolute atomic E-state index is 0.0495. The van der Waals surface area contributed by atoms with Crippen LogP contribution in [0.1, 0.15) is 62.4 Å². The van der Waals surface area contributed by atoms with Gasteiger partial charge in [0.25, 0.3) is 0 Å². The van der Waals surface area contributed by atoms with Gasteiger partial charge in [-0.15, -0.1) is 0 Å². The average Bonchev–Trinajstić information content (AvgIpc) is 3.50. The van der Waals surface area contributed by atoms with Gasteiger partial charge in [-0.05, 0) is 80.0 Å². The van der Waals surface area contributed by atoms with Crippen LogP contribution >= 0.6 is 0 Å². The summed E-state index contributed by atoms with van der Waals surface area (Å²) in [4.78, 5) is 20.6. The third kappa shape index (κ3) is 8.00. The summed E-state index contributed by atoms with van der Waals surface area (Å²) in [5, 5.41) is 15.9. The van der Waals surface area contributed by atoms with E-state index >= 15 is 4.39 Å². The Morgan fingerprint density at radius 2 is 1.98 bits per heavy atom. The molecular formula is C37H48FN7O2. The lowest BCUT2D eigenvalue weighted by molar-refractivity contribution is -0.121. The largest absolute Gasteiger partial charge is 0.381 e. The molecule has 2 aromatic heterocycles. The lowest BCUT2D eigenvalue weighted by Gasteiger charge is -2.31. The molecule has 0 bridgehead atoms. The first-order chi connectivity index (χ1) is 22.9. The summed E-state index contributed by atoms with van der Waals surface area (Å²) in [6.07, 6.45) is 5.42. The highest BCUT2D eigenvalue weighted by Gasteiger charge is 2.22. The number of nitrogens with one attached hydrogen (secondary N) is 3. The Labute approximate surface area is 277 Å². The molecule has 2 aliphatic rings. The van der Waals surface area contributed by atoms with Crippen molar-refractivity contribution in [2.45, 2.75) is 84.6 Å². The zero-order chi connectivity index (χ0) is 32.8. The number of rotatable bonds is 12. The van der Waals surface area contributed by atoms with Gasteiger partial charge in [0, 0.05) is 82.2 Å². The summed E-state index contributed by atoms with van der Waals surface area (Å²) >= 11 is 0. The molecule has 250 valence electrons. The van der Waals surface area contributed by atoms with Gasteiger partial charge in [0.15, 0.2) is 5.65 Å². The van der Waals surface area contributed by atoms with E-state index < -0.39 is 0 Å². The molecule has 2 saturated heterocycles. The number of nitrogens with zero attached hydrogens (tertiary/aromatic N) is 4. The highest BCUT2D eigenvalue weighted by Crippen LogP contribution is 2.32. The fourth-order valence-corrected chi connectivity index (χ4v) is 6.86. The van der Waals surface area contributed by atoms with Crippen molar-refractivity contribution in [3.63, 3.8) is 0 Å². The summed E-state index contributed by atoms with van der Waals surface area (Å²) in [5.74, 6) is -0.314. The number of hydrogen-bond donors (Lipinski definition) is 3. The zero-order valence-corrected chi connectivity index (χ0v) is 27.9. The fraction of sp³-hybridized carbons (Fsp3) is 0.486. The van der Waals surface area contributed by atoms with Gasteiger partial charge in [-0.2, -0.15) is 5.10 Å². The number of piperazine rings is 1. The van der Waals surface area contributed by atoms with Crippen LogP contribution in [0.25, 0.3) is 22.2 Å². The molecular weight excluding hydrogens is 593 g/mol. The van der Waals surface area contributed by atoms with Crippen LogP contribution in [-0.2, 0) is 42.0 Å². The third-order valence-corrected chi connectivity index (χ3v) is 9.40. The number of carbonyl (C=O) groups is 1. The van der Waals surface area contributed by atoms with E-state index in [1.165, 1.54) is 11.6 Å². The third-order valence-electron chi connectivity index (χ3n) is 9.40. The number of hydrogen-bond acceptors (Lipinski definition) is 7. The maximum atomic E-state index is 15.1. The second-order valence-corrected chi connectivity index (χ2v) is 12.9. The molecule has 0 aliphatic carbocycles. The molecule has 0 saturated carbocycles. The highest BCUT2D eigenvalue weighted by atomic mass is 19.1. The number of pyridine rings is 1. The van der Waals surface area contributed by atoms with E-state index in [0.717, 1.165) is 104 Å². The average molecular weight is 642 g/mol. The molecule has 0 radical (unpaired) electrons. The summed E-state index contributed by atoms with van der Waals surface area (Å²) in [7, 11) is 0. The van der Waals surface area contributed by atoms with Crippen molar-refractivity contribution in [1.82, 2.24) is 30.3 Å². The van der Waals surface area contributed by atoms with Crippen molar-refractivity contribution in [3.05, 3.63) is 76.9 Å². The Bertz CT molecular complexity index is 1680. The second kappa shape index (κ2) is 15.4. The number of ether oxygens (including phenoxy) is 1. The SMILES string of the molecule is CCc1nc2c(cnn2CC)c(NC2CCOCC2)c1CCC(=O)NCc1ccc(F)c(-c2cccc(CN3CCN[C@@H](C)C3)c2)c1. The molecule has 4 heterocycles. The molecule has 1 atom stereocenters. The molecule has 2 aliphatic heterocycles. The predicted octanol–water partition coefficient (Wildman–Crippen LogP) is 5.45. The van der Waals surface area contributed by atoms with Crippen LogP contribution < -0.4 is 16.0 Å². The van der Waals surface area contributed by atoms with Crippen molar-refractivity contribution >= 4 is 22.6 Å². The summed E-state index contributed by atoms with van der Waals surface area (Å²) < 4.78 is 22.6. The van der Waals surface area contributed by atoms with Crippen molar-refractivity contribution in [3.8, 4) is 11.1 Å². The maximum Gasteiger partial charge on any atom is 0.220 e. The molecule has 10 heteroatoms. The molecule has 9 nitrogen and oxygen atoms in total. The Balaban J connectivity index is 1.13. The van der Waals surface area contributed by atoms with Crippen LogP contribution in [0.4, 0.5) is 10.1 Å². The lowest BCUT2D eigenvalue weighted by Crippen LogP contribution is -2.48. The van der Waals surface area contributed by atoms with Crippen LogP contribution in [0.3, 0.4) is 0 Å². The molecule has 2 fully saturated rings. The molecule has 6 rings (SSSR count). The van der Waals surface area contributed by atoms with Gasteiger partial charge in [-0.1, -0.05) is 31.2 Å². The number of amides is 1. The van der Waals surface area contributed by atoms with Crippen molar-refractivity contribution in [2.24, 2.45) is 0 Å². The Kier molecular flexibility index (Phi) is 10.8. The quantitative estimate of drug-likeness (QED) is 0.189. The second-order valence-electron chi connectivity index (χ2n) is 12.9. The van der Waals surface area contributed by atoms with E-state index in [4.69, 9.17) is 9.72 Å². The lowest BCUT2D eigenvalue weighted by atomic mass is 9.99. The Morgan fingerprint density at radius 1 is 1.13 bits per heavy atom. The van der Waals surface area contributed by atoms with Crippen molar-refractivity contribution in [2.75, 3.05) is 38.2 Å². The Hall–Kier alpha value is -3.86. The van der Waals surface area contributed by atoms with E-state index in [9.17, 15) is 4.79 Å². The molecule has 3 N–H and O–H groups in total. The number of anilines is 1. The van der Waals surface area contributed by atoms with Crippen LogP contribution in [0.5, 0.6) is 0 Å². The van der Waals surface area contributed by atoms with Crippen molar-refractivity contribution in [1.29, 1.82) is 0 Å². The van der Waals surface area contributed by atoms with Crippen LogP contribution in [-0.4, -0.2) is 70.5 Å². The highest BCUT2D eigenvalue weighted by molar-refractivity contribution is 5.92. The first kappa shape index (κ1) is 33.1. The van der Waals surface area contributed by atoms with Crippen LogP contribution in [0.15, 0.2) is 48.7 Å². The van der Waals surface area contributed by atoms with Gasteiger partial charge in [0.2, 0.25) is 5.91 Å². The molecule has 4 aromatic rings. The molecule has 1 amide bonds. The number of halogens is 1. The molecule has 47 heavy (non-hydrogen) atoms. The Morgan fingerprint density at radius 3 is 2.77 bits per heavy atom. The summed E-state index contributed by atoms with van der Waals surface area (Å²) in [6, 6.07) is 14.0. The number of carbonyl (C=O) groups excluding carboxylic acids is 1. The van der Waals surface area contributed by atoms with Gasteiger partial charge in [0.1, 0.15) is 5.82 Å². The maximum absolute atomic E-state index is 15.1. The van der Waals surface area contributed by atoms with Crippen molar-refractivity contribution < 1.29 is 13.9 Å². The summed E-state index contributed by atoms with van der Waals surface area (Å²) in [6.45, 7) is 12.7. The van der Waals surface area contributed by atoms with Gasteiger partial charge < -0.3 is 20.7 Å². The first-order valence-electron chi connectivity index (χ1n) is 17.2. The van der Waals surface area contributed by atoms with Crippen LogP contribution in [0, 0.1) is 5.82 Å². The number of aromatic nitrogens is 3. The molecule has 0 unspecified atom stereocenters. The van der Waals surface area contributed by atoms with E-state index in [2.05, 4.69) is 58.9 Å². The fourth-order valence-electron chi connectivity index (χ4n) is 6.86. The van der Waals surface area contributed by atoms with E-state index in [0.29, 0.717) is 37.0 Å². The minimum atomic E-state index is -0.265. The normalized spacial score (nSPS) is 17.7. The van der Waals surface area contributed by atoms with Gasteiger partial charge in [-0.3, -0.25) is 9.69 Å². The standard InChI is InChI=1S/C37H48FN7O2/c1-4-34-30(36(42-29-13-17-47-18-14-29)32-22-41-45(5-2)37(32)43-34)10-12-35(46)40-21-26-9-11-33(38)31(20-26)28-8-6-7-27(19-28)24-44-16-15-39-25(3)23-44/h6-9,11,19-20,22,25,29,39H,4-5,10,12-18,21,23-24H2,1-3H3,(H,40,46)(H,42,43)/t25-/m0/s1. The smallest absolute Gasteiger partial charge is 0.220 e. The number of benzene rings is 2. The minimum Gasteiger partial charge on any atom is -0.381 e. The van der Waals surface area contributed by atoms with E-state index in [-0.39, 0.29) is 11.7 Å². The number of fused-ring (bicyclic) bond motifs is 1. The predicted molar refractivity (Wildman–Crippen MR) is 185 cm³/mol. The first-order valence-corrected chi connectivity index (χ1v) is 17.2. The monoisotopic (exact) mass is 641 g/mol. The summed E-state index contributed by atoms with van der Waals surface area (Å²) in [5.41, 5.74) is 7.43. The van der Waals surface area contributed by atoms with Gasteiger partial charge in [0.05, 0.1) is 17.3 Å². The zero-order valence-electron chi connectivity index (χ0n) is 27.9. The molecule has 0 spiro atoms. The molecule has 2 aromatic carbocycles. The van der Waals surface area contributed by atoms with E-state index in [1.54, 1.807) is 6.07 Å². The van der Waals surface area contributed by atoms with Crippen LogP contribution in [0.2, 0.25) is 0 Å². The number of aryl methyl sites for hydroxylation is 2. The topological polar surface area (TPSA) is 96.3 Å². The van der Waals surface area contributed by atoms with Gasteiger partial charge in [-0.25, -0.2) is 14.1 Å². The van der Waals surface area contributed by atoms with Gasteiger partial charge >= 0.3 is 0 Å². The van der Waals surface area contributed by atoms with E-state index in [1.807, 2.05) is 29.1 Å².